The van der Waals surface area contributed by atoms with Crippen molar-refractivity contribution < 1.29 is 14.3 Å². The fourth-order valence-corrected chi connectivity index (χ4v) is 3.44. The lowest BCUT2D eigenvalue weighted by Gasteiger charge is -2.32. The summed E-state index contributed by atoms with van der Waals surface area (Å²) in [7, 11) is 0. The highest BCUT2D eigenvalue weighted by molar-refractivity contribution is 5.90. The number of amides is 2. The van der Waals surface area contributed by atoms with Crippen LogP contribution in [0.1, 0.15) is 47.8 Å². The van der Waals surface area contributed by atoms with Crippen molar-refractivity contribution in [3.8, 4) is 0 Å². The lowest BCUT2D eigenvalue weighted by Crippen LogP contribution is -2.46. The molecule has 0 aromatic carbocycles. The zero-order chi connectivity index (χ0) is 16.9. The Kier molecular flexibility index (Phi) is 5.47. The van der Waals surface area contributed by atoms with E-state index in [-0.39, 0.29) is 23.6 Å². The van der Waals surface area contributed by atoms with Gasteiger partial charge in [0.05, 0.1) is 6.54 Å². The Bertz CT molecular complexity index is 582. The molecule has 1 atom stereocenters. The normalized spacial score (nSPS) is 23.1. The number of carbonyl (C=O) groups excluding carboxylic acids is 2. The third-order valence-corrected chi connectivity index (χ3v) is 4.75. The predicted molar refractivity (Wildman–Crippen MR) is 87.5 cm³/mol. The van der Waals surface area contributed by atoms with Crippen LogP contribution in [0.5, 0.6) is 0 Å². The van der Waals surface area contributed by atoms with Crippen LogP contribution in [0, 0.1) is 0 Å². The number of rotatable bonds is 5. The van der Waals surface area contributed by atoms with Crippen molar-refractivity contribution >= 4 is 11.8 Å². The summed E-state index contributed by atoms with van der Waals surface area (Å²) in [6.45, 7) is 3.54. The van der Waals surface area contributed by atoms with Gasteiger partial charge in [0.15, 0.2) is 0 Å². The van der Waals surface area contributed by atoms with Gasteiger partial charge in [0, 0.05) is 37.4 Å². The highest BCUT2D eigenvalue weighted by Crippen LogP contribution is 2.25. The standard InChI is InChI=1S/C16H25N5O3/c17-16(23)14-8-13(19-20-14)11-2-1-5-21(9-11)10-15(22)18-12-3-6-24-7-4-12/h8,11-12H,1-7,9-10H2,(H2,17,23)(H,18,22)(H,19,20)/t11-/m0/s1. The third-order valence-electron chi connectivity index (χ3n) is 4.75. The van der Waals surface area contributed by atoms with Crippen LogP contribution in [-0.4, -0.2) is 65.8 Å². The maximum atomic E-state index is 12.2. The van der Waals surface area contributed by atoms with Crippen molar-refractivity contribution in [3.63, 3.8) is 0 Å². The number of nitrogens with one attached hydrogen (secondary N) is 2. The number of hydrogen-bond donors (Lipinski definition) is 3. The molecule has 3 heterocycles. The first kappa shape index (κ1) is 16.9. The molecule has 4 N–H and O–H groups in total. The minimum Gasteiger partial charge on any atom is -0.381 e. The first-order valence-electron chi connectivity index (χ1n) is 8.56. The number of H-pyrrole nitrogens is 1. The van der Waals surface area contributed by atoms with Crippen molar-refractivity contribution in [2.24, 2.45) is 5.73 Å². The van der Waals surface area contributed by atoms with Crippen LogP contribution in [0.3, 0.4) is 0 Å². The molecule has 132 valence electrons. The van der Waals surface area contributed by atoms with E-state index in [0.717, 1.165) is 57.7 Å². The molecule has 2 saturated heterocycles. The molecule has 2 aliphatic rings. The Labute approximate surface area is 141 Å². The Hall–Kier alpha value is -1.93. The van der Waals surface area contributed by atoms with Gasteiger partial charge in [-0.15, -0.1) is 0 Å². The molecule has 2 aliphatic heterocycles. The number of hydrogen-bond acceptors (Lipinski definition) is 5. The predicted octanol–water partition coefficient (Wildman–Crippen LogP) is -0.0168. The maximum absolute atomic E-state index is 12.2. The molecular formula is C16H25N5O3. The molecule has 0 bridgehead atoms. The molecule has 24 heavy (non-hydrogen) atoms. The highest BCUT2D eigenvalue weighted by atomic mass is 16.5. The molecule has 0 unspecified atom stereocenters. The first-order chi connectivity index (χ1) is 11.6. The van der Waals surface area contributed by atoms with Gasteiger partial charge in [-0.1, -0.05) is 0 Å². The molecule has 0 spiro atoms. The topological polar surface area (TPSA) is 113 Å². The molecule has 1 aromatic heterocycles. The summed E-state index contributed by atoms with van der Waals surface area (Å²) >= 11 is 0. The van der Waals surface area contributed by atoms with Crippen molar-refractivity contribution in [2.75, 3.05) is 32.8 Å². The van der Waals surface area contributed by atoms with Crippen molar-refractivity contribution in [3.05, 3.63) is 17.5 Å². The van der Waals surface area contributed by atoms with E-state index in [1.54, 1.807) is 6.07 Å². The molecule has 0 aliphatic carbocycles. The van der Waals surface area contributed by atoms with Gasteiger partial charge < -0.3 is 15.8 Å². The number of likely N-dealkylation sites (tertiary alicyclic amines) is 1. The van der Waals surface area contributed by atoms with Gasteiger partial charge in [-0.05, 0) is 38.3 Å². The average molecular weight is 335 g/mol. The summed E-state index contributed by atoms with van der Waals surface area (Å²) in [6, 6.07) is 1.95. The molecular weight excluding hydrogens is 310 g/mol. The van der Waals surface area contributed by atoms with Gasteiger partial charge in [-0.25, -0.2) is 0 Å². The molecule has 2 amide bonds. The molecule has 3 rings (SSSR count). The Morgan fingerprint density at radius 3 is 2.88 bits per heavy atom. The molecule has 2 fully saturated rings. The number of nitrogens with two attached hydrogens (primary N) is 1. The minimum atomic E-state index is -0.527. The largest absolute Gasteiger partial charge is 0.381 e. The number of aromatic nitrogens is 2. The van der Waals surface area contributed by atoms with Gasteiger partial charge in [0.1, 0.15) is 5.69 Å². The maximum Gasteiger partial charge on any atom is 0.269 e. The third kappa shape index (κ3) is 4.33. The molecule has 0 saturated carbocycles. The minimum absolute atomic E-state index is 0.0741. The summed E-state index contributed by atoms with van der Waals surface area (Å²) in [5.74, 6) is -0.207. The lowest BCUT2D eigenvalue weighted by atomic mass is 9.94. The summed E-state index contributed by atoms with van der Waals surface area (Å²) in [6.07, 6.45) is 3.80. The number of aromatic amines is 1. The lowest BCUT2D eigenvalue weighted by molar-refractivity contribution is -0.123. The second-order valence-corrected chi connectivity index (χ2v) is 6.60. The van der Waals surface area contributed by atoms with Crippen LogP contribution in [0.15, 0.2) is 6.07 Å². The van der Waals surface area contributed by atoms with Crippen molar-refractivity contribution in [1.29, 1.82) is 0 Å². The van der Waals surface area contributed by atoms with Crippen LogP contribution >= 0.6 is 0 Å². The van der Waals surface area contributed by atoms with Gasteiger partial charge in [-0.3, -0.25) is 19.6 Å². The number of piperidine rings is 1. The average Bonchev–Trinajstić information content (AvgIpc) is 3.06. The summed E-state index contributed by atoms with van der Waals surface area (Å²) in [4.78, 5) is 25.6. The Morgan fingerprint density at radius 1 is 1.38 bits per heavy atom. The van der Waals surface area contributed by atoms with Crippen LogP contribution in [-0.2, 0) is 9.53 Å². The van der Waals surface area contributed by atoms with Gasteiger partial charge in [-0.2, -0.15) is 5.10 Å². The van der Waals surface area contributed by atoms with Crippen molar-refractivity contribution in [2.45, 2.75) is 37.6 Å². The number of nitrogens with zero attached hydrogens (tertiary/aromatic N) is 2. The van der Waals surface area contributed by atoms with E-state index in [0.29, 0.717) is 6.54 Å². The smallest absolute Gasteiger partial charge is 0.269 e. The molecule has 0 radical (unpaired) electrons. The molecule has 1 aromatic rings. The first-order valence-corrected chi connectivity index (χ1v) is 8.56. The van der Waals surface area contributed by atoms with Gasteiger partial charge >= 0.3 is 0 Å². The van der Waals surface area contributed by atoms with Crippen LogP contribution < -0.4 is 11.1 Å². The molecule has 8 heteroatoms. The SMILES string of the molecule is NC(=O)c1cc([C@H]2CCCN(CC(=O)NC3CCOCC3)C2)[nH]n1. The van der Waals surface area contributed by atoms with E-state index >= 15 is 0 Å². The quantitative estimate of drug-likeness (QED) is 0.700. The van der Waals surface area contributed by atoms with E-state index < -0.39 is 5.91 Å². The van der Waals surface area contributed by atoms with Gasteiger partial charge in [0.2, 0.25) is 5.91 Å². The summed E-state index contributed by atoms with van der Waals surface area (Å²) in [5.41, 5.74) is 6.42. The Morgan fingerprint density at radius 2 is 2.17 bits per heavy atom. The second kappa shape index (κ2) is 7.76. The number of carbonyl (C=O) groups is 2. The highest BCUT2D eigenvalue weighted by Gasteiger charge is 2.25. The van der Waals surface area contributed by atoms with E-state index in [2.05, 4.69) is 20.4 Å². The fourth-order valence-electron chi connectivity index (χ4n) is 3.44. The van der Waals surface area contributed by atoms with Crippen LogP contribution in [0.2, 0.25) is 0 Å². The summed E-state index contributed by atoms with van der Waals surface area (Å²) < 4.78 is 5.31. The van der Waals surface area contributed by atoms with Crippen LogP contribution in [0.25, 0.3) is 0 Å². The van der Waals surface area contributed by atoms with Crippen molar-refractivity contribution in [1.82, 2.24) is 20.4 Å². The second-order valence-electron chi connectivity index (χ2n) is 6.60. The zero-order valence-electron chi connectivity index (χ0n) is 13.8. The summed E-state index contributed by atoms with van der Waals surface area (Å²) in [5, 5.41) is 9.95. The van der Waals surface area contributed by atoms with E-state index in [1.165, 1.54) is 0 Å². The van der Waals surface area contributed by atoms with Crippen LogP contribution in [0.4, 0.5) is 0 Å². The fraction of sp³-hybridized carbons (Fsp3) is 0.688. The molecule has 8 nitrogen and oxygen atoms in total. The van der Waals surface area contributed by atoms with E-state index in [9.17, 15) is 9.59 Å². The van der Waals surface area contributed by atoms with E-state index in [1.807, 2.05) is 0 Å². The zero-order valence-corrected chi connectivity index (χ0v) is 13.8. The Balaban J connectivity index is 1.51. The van der Waals surface area contributed by atoms with E-state index in [4.69, 9.17) is 10.5 Å². The number of primary amides is 1. The van der Waals surface area contributed by atoms with Gasteiger partial charge in [0.25, 0.3) is 5.91 Å². The number of ether oxygens (including phenoxy) is 1. The monoisotopic (exact) mass is 335 g/mol.